The molecule has 0 saturated carbocycles. The highest BCUT2D eigenvalue weighted by Crippen LogP contribution is 2.20. The smallest absolute Gasteiger partial charge is 0.348 e. The van der Waals surface area contributed by atoms with Crippen LogP contribution in [-0.2, 0) is 0 Å². The van der Waals surface area contributed by atoms with Gasteiger partial charge in [-0.3, -0.25) is 4.98 Å². The van der Waals surface area contributed by atoms with Crippen LogP contribution in [0.15, 0.2) is 59.4 Å². The van der Waals surface area contributed by atoms with Crippen LogP contribution in [-0.4, -0.2) is 22.1 Å². The molecule has 0 amide bonds. The summed E-state index contributed by atoms with van der Waals surface area (Å²) in [5, 5.41) is 0. The normalized spacial score (nSPS) is 10.3. The molecule has 0 aliphatic rings. The van der Waals surface area contributed by atoms with Crippen LogP contribution in [0, 0.1) is 0 Å². The molecular formula is C16H13N3O2. The lowest BCUT2D eigenvalue weighted by Gasteiger charge is -2.05. The summed E-state index contributed by atoms with van der Waals surface area (Å²) in [7, 11) is 1.61. The van der Waals surface area contributed by atoms with E-state index in [1.54, 1.807) is 7.11 Å². The van der Waals surface area contributed by atoms with Gasteiger partial charge in [0, 0.05) is 11.1 Å². The van der Waals surface area contributed by atoms with E-state index in [0.29, 0.717) is 11.6 Å². The summed E-state index contributed by atoms with van der Waals surface area (Å²) >= 11 is 0. The Kier molecular flexibility index (Phi) is 3.47. The van der Waals surface area contributed by atoms with Crippen LogP contribution < -0.4 is 10.4 Å². The van der Waals surface area contributed by atoms with Gasteiger partial charge in [0.1, 0.15) is 11.6 Å². The SMILES string of the molecule is COc1ccc(-c2nc(-c3ccccc3)nc(=O)[nH]2)cc1. The van der Waals surface area contributed by atoms with Gasteiger partial charge in [-0.05, 0) is 24.3 Å². The zero-order valence-electron chi connectivity index (χ0n) is 11.4. The Morgan fingerprint density at radius 3 is 2.29 bits per heavy atom. The summed E-state index contributed by atoms with van der Waals surface area (Å²) in [5.74, 6) is 1.64. The fourth-order valence-electron chi connectivity index (χ4n) is 1.99. The van der Waals surface area contributed by atoms with Gasteiger partial charge in [0.15, 0.2) is 5.82 Å². The molecule has 21 heavy (non-hydrogen) atoms. The third-order valence-corrected chi connectivity index (χ3v) is 3.05. The number of H-pyrrole nitrogens is 1. The number of nitrogens with zero attached hydrogens (tertiary/aromatic N) is 2. The van der Waals surface area contributed by atoms with Crippen molar-refractivity contribution in [1.82, 2.24) is 15.0 Å². The fraction of sp³-hybridized carbons (Fsp3) is 0.0625. The maximum Gasteiger partial charge on any atom is 0.348 e. The predicted molar refractivity (Wildman–Crippen MR) is 80.1 cm³/mol. The van der Waals surface area contributed by atoms with E-state index >= 15 is 0 Å². The first kappa shape index (κ1) is 13.1. The second-order valence-electron chi connectivity index (χ2n) is 4.42. The Bertz CT molecular complexity index is 796. The molecule has 5 nitrogen and oxygen atoms in total. The molecule has 0 fully saturated rings. The van der Waals surface area contributed by atoms with Gasteiger partial charge in [0.05, 0.1) is 7.11 Å². The number of hydrogen-bond acceptors (Lipinski definition) is 4. The number of ether oxygens (including phenoxy) is 1. The van der Waals surface area contributed by atoms with Crippen molar-refractivity contribution < 1.29 is 4.74 Å². The lowest BCUT2D eigenvalue weighted by atomic mass is 10.2. The van der Waals surface area contributed by atoms with Crippen molar-refractivity contribution in [3.63, 3.8) is 0 Å². The number of aromatic amines is 1. The summed E-state index contributed by atoms with van der Waals surface area (Å²) in [5.41, 5.74) is 1.18. The highest BCUT2D eigenvalue weighted by Gasteiger charge is 2.07. The van der Waals surface area contributed by atoms with E-state index in [1.165, 1.54) is 0 Å². The van der Waals surface area contributed by atoms with Gasteiger partial charge in [-0.15, -0.1) is 0 Å². The molecule has 2 aromatic carbocycles. The third kappa shape index (κ3) is 2.81. The molecule has 5 heteroatoms. The first-order valence-electron chi connectivity index (χ1n) is 6.44. The van der Waals surface area contributed by atoms with Crippen molar-refractivity contribution in [2.45, 2.75) is 0 Å². The summed E-state index contributed by atoms with van der Waals surface area (Å²) in [6.45, 7) is 0. The van der Waals surface area contributed by atoms with Crippen LogP contribution in [0.5, 0.6) is 5.75 Å². The van der Waals surface area contributed by atoms with Crippen molar-refractivity contribution in [2.24, 2.45) is 0 Å². The molecule has 0 aliphatic heterocycles. The average molecular weight is 279 g/mol. The molecule has 1 aromatic heterocycles. The van der Waals surface area contributed by atoms with E-state index in [1.807, 2.05) is 54.6 Å². The largest absolute Gasteiger partial charge is 0.497 e. The molecule has 0 saturated heterocycles. The van der Waals surface area contributed by atoms with Crippen LogP contribution in [0.2, 0.25) is 0 Å². The molecule has 0 bridgehead atoms. The topological polar surface area (TPSA) is 67.9 Å². The number of methoxy groups -OCH3 is 1. The first-order valence-corrected chi connectivity index (χ1v) is 6.44. The number of rotatable bonds is 3. The lowest BCUT2D eigenvalue weighted by Crippen LogP contribution is -2.14. The van der Waals surface area contributed by atoms with Crippen LogP contribution in [0.25, 0.3) is 22.8 Å². The summed E-state index contributed by atoms with van der Waals surface area (Å²) in [6.07, 6.45) is 0. The Balaban J connectivity index is 2.07. The summed E-state index contributed by atoms with van der Waals surface area (Å²) in [4.78, 5) is 22.7. The predicted octanol–water partition coefficient (Wildman–Crippen LogP) is 2.51. The number of hydrogen-bond donors (Lipinski definition) is 1. The Labute approximate surface area is 121 Å². The van der Waals surface area contributed by atoms with Gasteiger partial charge in [-0.2, -0.15) is 4.98 Å². The summed E-state index contributed by atoms with van der Waals surface area (Å²) in [6, 6.07) is 16.7. The Hall–Kier alpha value is -2.95. The molecule has 1 N–H and O–H groups in total. The standard InChI is InChI=1S/C16H13N3O2/c1-21-13-9-7-12(8-10-13)15-17-14(18-16(20)19-15)11-5-3-2-4-6-11/h2-10H,1H3,(H,17,18,19,20). The van der Waals surface area contributed by atoms with Crippen molar-refractivity contribution in [2.75, 3.05) is 7.11 Å². The van der Waals surface area contributed by atoms with Crippen molar-refractivity contribution >= 4 is 0 Å². The van der Waals surface area contributed by atoms with Gasteiger partial charge >= 0.3 is 5.69 Å². The molecule has 3 rings (SSSR count). The monoisotopic (exact) mass is 279 g/mol. The minimum Gasteiger partial charge on any atom is -0.497 e. The van der Waals surface area contributed by atoms with Crippen molar-refractivity contribution in [3.05, 3.63) is 65.1 Å². The van der Waals surface area contributed by atoms with Crippen molar-refractivity contribution in [3.8, 4) is 28.5 Å². The highest BCUT2D eigenvalue weighted by molar-refractivity contribution is 5.60. The molecule has 0 radical (unpaired) electrons. The molecule has 3 aromatic rings. The molecular weight excluding hydrogens is 266 g/mol. The van der Waals surface area contributed by atoms with Gasteiger partial charge in [0.2, 0.25) is 0 Å². The third-order valence-electron chi connectivity index (χ3n) is 3.05. The zero-order chi connectivity index (χ0) is 14.7. The minimum atomic E-state index is -0.422. The van der Waals surface area contributed by atoms with Gasteiger partial charge in [-0.1, -0.05) is 30.3 Å². The first-order chi connectivity index (χ1) is 10.3. The van der Waals surface area contributed by atoms with Crippen LogP contribution in [0.1, 0.15) is 0 Å². The van der Waals surface area contributed by atoms with Gasteiger partial charge in [-0.25, -0.2) is 9.78 Å². The fourth-order valence-corrected chi connectivity index (χ4v) is 1.99. The maximum absolute atomic E-state index is 11.7. The maximum atomic E-state index is 11.7. The van der Waals surface area contributed by atoms with Gasteiger partial charge < -0.3 is 4.74 Å². The molecule has 0 unspecified atom stereocenters. The number of nitrogens with one attached hydrogen (secondary N) is 1. The number of benzene rings is 2. The van der Waals surface area contributed by atoms with Crippen LogP contribution in [0.4, 0.5) is 0 Å². The molecule has 0 aliphatic carbocycles. The van der Waals surface area contributed by atoms with E-state index in [2.05, 4.69) is 15.0 Å². The zero-order valence-corrected chi connectivity index (χ0v) is 11.4. The quantitative estimate of drug-likeness (QED) is 0.800. The molecule has 1 heterocycles. The average Bonchev–Trinajstić information content (AvgIpc) is 2.55. The van der Waals surface area contributed by atoms with Gasteiger partial charge in [0.25, 0.3) is 0 Å². The lowest BCUT2D eigenvalue weighted by molar-refractivity contribution is 0.415. The summed E-state index contributed by atoms with van der Waals surface area (Å²) < 4.78 is 5.12. The number of aromatic nitrogens is 3. The highest BCUT2D eigenvalue weighted by atomic mass is 16.5. The van der Waals surface area contributed by atoms with E-state index in [0.717, 1.165) is 16.9 Å². The molecule has 0 atom stereocenters. The van der Waals surface area contributed by atoms with E-state index in [9.17, 15) is 4.79 Å². The van der Waals surface area contributed by atoms with E-state index < -0.39 is 5.69 Å². The molecule has 0 spiro atoms. The van der Waals surface area contributed by atoms with E-state index in [-0.39, 0.29) is 0 Å². The Morgan fingerprint density at radius 2 is 1.62 bits per heavy atom. The van der Waals surface area contributed by atoms with Crippen LogP contribution in [0.3, 0.4) is 0 Å². The molecule has 104 valence electrons. The minimum absolute atomic E-state index is 0.408. The van der Waals surface area contributed by atoms with Crippen LogP contribution >= 0.6 is 0 Å². The van der Waals surface area contributed by atoms with E-state index in [4.69, 9.17) is 4.74 Å². The second kappa shape index (κ2) is 5.58. The second-order valence-corrected chi connectivity index (χ2v) is 4.42. The Morgan fingerprint density at radius 1 is 0.905 bits per heavy atom. The van der Waals surface area contributed by atoms with Crippen molar-refractivity contribution in [1.29, 1.82) is 0 Å².